The summed E-state index contributed by atoms with van der Waals surface area (Å²) in [5.41, 5.74) is 0.423. The van der Waals surface area contributed by atoms with Gasteiger partial charge in [-0.15, -0.1) is 0 Å². The van der Waals surface area contributed by atoms with E-state index in [1.54, 1.807) is 30.3 Å². The molecule has 6 heteroatoms. The SMILES string of the molecule is CCCCCC(=O)N([O-])[C@@H]1CC(=O)N(c2ccccc2)C1=O. The Labute approximate surface area is 129 Å². The maximum Gasteiger partial charge on any atom is 0.256 e. The largest absolute Gasteiger partial charge is 0.756 e. The van der Waals surface area contributed by atoms with Crippen LogP contribution >= 0.6 is 0 Å². The summed E-state index contributed by atoms with van der Waals surface area (Å²) in [5, 5.41) is 12.2. The monoisotopic (exact) mass is 303 g/mol. The lowest BCUT2D eigenvalue weighted by molar-refractivity contribution is -0.135. The fourth-order valence-electron chi connectivity index (χ4n) is 2.46. The highest BCUT2D eigenvalue weighted by atomic mass is 16.5. The van der Waals surface area contributed by atoms with E-state index in [2.05, 4.69) is 0 Å². The van der Waals surface area contributed by atoms with Crippen molar-refractivity contribution in [1.82, 2.24) is 5.06 Å². The minimum absolute atomic E-state index is 0.112. The van der Waals surface area contributed by atoms with Gasteiger partial charge in [-0.2, -0.15) is 0 Å². The number of unbranched alkanes of at least 4 members (excludes halogenated alkanes) is 2. The third kappa shape index (κ3) is 3.33. The van der Waals surface area contributed by atoms with E-state index in [0.717, 1.165) is 17.7 Å². The van der Waals surface area contributed by atoms with Gasteiger partial charge in [0.1, 0.15) is 6.04 Å². The molecule has 1 aromatic rings. The van der Waals surface area contributed by atoms with E-state index in [9.17, 15) is 19.6 Å². The predicted octanol–water partition coefficient (Wildman–Crippen LogP) is 2.23. The standard InChI is InChI=1S/C16H19N2O4/c1-2-3-5-10-14(19)18(22)13-11-15(20)17(16(13)21)12-8-6-4-7-9-12/h4,6-9,13H,2-3,5,10-11H2,1H3/q-1/t13-/m1/s1. The average molecular weight is 303 g/mol. The van der Waals surface area contributed by atoms with Crippen LogP contribution in [0.2, 0.25) is 0 Å². The number of amides is 3. The lowest BCUT2D eigenvalue weighted by atomic mass is 10.1. The zero-order valence-electron chi connectivity index (χ0n) is 12.5. The predicted molar refractivity (Wildman–Crippen MR) is 81.7 cm³/mol. The second-order valence-corrected chi connectivity index (χ2v) is 5.30. The lowest BCUT2D eigenvalue weighted by Gasteiger charge is -2.33. The fourth-order valence-corrected chi connectivity index (χ4v) is 2.46. The Bertz CT molecular complexity index is 559. The quantitative estimate of drug-likeness (QED) is 0.458. The van der Waals surface area contributed by atoms with E-state index < -0.39 is 23.8 Å². The maximum atomic E-state index is 12.3. The van der Waals surface area contributed by atoms with Gasteiger partial charge in [-0.25, -0.2) is 4.90 Å². The van der Waals surface area contributed by atoms with Crippen molar-refractivity contribution >= 4 is 23.4 Å². The minimum Gasteiger partial charge on any atom is -0.756 e. The third-order valence-corrected chi connectivity index (χ3v) is 3.66. The number of hydroxylamine groups is 2. The van der Waals surface area contributed by atoms with Crippen molar-refractivity contribution in [2.24, 2.45) is 0 Å². The van der Waals surface area contributed by atoms with Crippen LogP contribution in [0.25, 0.3) is 0 Å². The molecule has 22 heavy (non-hydrogen) atoms. The highest BCUT2D eigenvalue weighted by Crippen LogP contribution is 2.25. The number of anilines is 1. The highest BCUT2D eigenvalue weighted by Gasteiger charge is 2.41. The van der Waals surface area contributed by atoms with Crippen LogP contribution in [0, 0.1) is 5.21 Å². The second kappa shape index (κ2) is 7.17. The molecule has 1 aromatic carbocycles. The number of carbonyl (C=O) groups excluding carboxylic acids is 3. The summed E-state index contributed by atoms with van der Waals surface area (Å²) >= 11 is 0. The number of carbonyl (C=O) groups is 3. The molecule has 0 bridgehead atoms. The summed E-state index contributed by atoms with van der Waals surface area (Å²) < 4.78 is 0. The molecule has 1 aliphatic heterocycles. The van der Waals surface area contributed by atoms with Crippen molar-refractivity contribution in [3.8, 4) is 0 Å². The first-order valence-electron chi connectivity index (χ1n) is 7.47. The molecule has 1 saturated heterocycles. The summed E-state index contributed by atoms with van der Waals surface area (Å²) in [6.45, 7) is 2.00. The van der Waals surface area contributed by atoms with E-state index in [4.69, 9.17) is 0 Å². The zero-order chi connectivity index (χ0) is 16.1. The Morgan fingerprint density at radius 1 is 1.27 bits per heavy atom. The molecule has 0 saturated carbocycles. The Kier molecular flexibility index (Phi) is 5.27. The molecule has 0 N–H and O–H groups in total. The van der Waals surface area contributed by atoms with Crippen LogP contribution in [0.1, 0.15) is 39.0 Å². The minimum atomic E-state index is -1.23. The van der Waals surface area contributed by atoms with Gasteiger partial charge in [0.15, 0.2) is 0 Å². The van der Waals surface area contributed by atoms with Crippen molar-refractivity contribution in [3.05, 3.63) is 35.5 Å². The van der Waals surface area contributed by atoms with Gasteiger partial charge in [-0.05, 0) is 18.6 Å². The number of benzene rings is 1. The summed E-state index contributed by atoms with van der Waals surface area (Å²) in [4.78, 5) is 37.1. The summed E-state index contributed by atoms with van der Waals surface area (Å²) in [5.74, 6) is -1.71. The van der Waals surface area contributed by atoms with Crippen LogP contribution in [-0.2, 0) is 14.4 Å². The van der Waals surface area contributed by atoms with Gasteiger partial charge in [-0.3, -0.25) is 14.4 Å². The Balaban J connectivity index is 2.06. The van der Waals surface area contributed by atoms with Gasteiger partial charge in [-0.1, -0.05) is 38.0 Å². The molecule has 1 fully saturated rings. The summed E-state index contributed by atoms with van der Waals surface area (Å²) in [6.07, 6.45) is 2.27. The maximum absolute atomic E-state index is 12.3. The number of para-hydroxylation sites is 1. The first kappa shape index (κ1) is 16.2. The van der Waals surface area contributed by atoms with Gasteiger partial charge >= 0.3 is 0 Å². The van der Waals surface area contributed by atoms with Gasteiger partial charge in [0.2, 0.25) is 11.8 Å². The summed E-state index contributed by atoms with van der Waals surface area (Å²) in [6, 6.07) is 7.18. The fraction of sp³-hybridized carbons (Fsp3) is 0.438. The molecule has 0 aromatic heterocycles. The van der Waals surface area contributed by atoms with Crippen LogP contribution in [0.4, 0.5) is 5.69 Å². The molecular weight excluding hydrogens is 284 g/mol. The number of hydrogen-bond acceptors (Lipinski definition) is 4. The molecular formula is C16H19N2O4-. The summed E-state index contributed by atoms with van der Waals surface area (Å²) in [7, 11) is 0. The highest BCUT2D eigenvalue weighted by molar-refractivity contribution is 6.23. The topological polar surface area (TPSA) is 80.8 Å². The molecule has 1 atom stereocenters. The molecule has 0 unspecified atom stereocenters. The molecule has 0 aliphatic carbocycles. The van der Waals surface area contributed by atoms with Crippen LogP contribution in [-0.4, -0.2) is 28.8 Å². The van der Waals surface area contributed by atoms with E-state index in [1.807, 2.05) is 6.92 Å². The average Bonchev–Trinajstić information content (AvgIpc) is 2.82. The van der Waals surface area contributed by atoms with E-state index >= 15 is 0 Å². The normalized spacial score (nSPS) is 17.9. The van der Waals surface area contributed by atoms with Crippen molar-refractivity contribution in [3.63, 3.8) is 0 Å². The van der Waals surface area contributed by atoms with Crippen molar-refractivity contribution in [2.75, 3.05) is 4.90 Å². The van der Waals surface area contributed by atoms with E-state index in [1.165, 1.54) is 0 Å². The third-order valence-electron chi connectivity index (χ3n) is 3.66. The number of hydrogen-bond donors (Lipinski definition) is 0. The Morgan fingerprint density at radius 3 is 2.59 bits per heavy atom. The van der Waals surface area contributed by atoms with Crippen LogP contribution < -0.4 is 4.90 Å². The van der Waals surface area contributed by atoms with Gasteiger partial charge in [0.05, 0.1) is 12.1 Å². The second-order valence-electron chi connectivity index (χ2n) is 5.30. The molecule has 0 spiro atoms. The molecule has 2 rings (SSSR count). The van der Waals surface area contributed by atoms with Crippen LogP contribution in [0.15, 0.2) is 30.3 Å². The van der Waals surface area contributed by atoms with Gasteiger partial charge in [0.25, 0.3) is 5.91 Å². The van der Waals surface area contributed by atoms with Crippen LogP contribution in [0.3, 0.4) is 0 Å². The number of nitrogens with zero attached hydrogens (tertiary/aromatic N) is 2. The molecule has 0 radical (unpaired) electrons. The lowest BCUT2D eigenvalue weighted by Crippen LogP contribution is -2.42. The molecule has 3 amide bonds. The molecule has 6 nitrogen and oxygen atoms in total. The smallest absolute Gasteiger partial charge is 0.256 e. The van der Waals surface area contributed by atoms with Gasteiger partial charge in [0, 0.05) is 6.42 Å². The Hall–Kier alpha value is -2.21. The number of rotatable bonds is 6. The molecule has 1 aliphatic rings. The zero-order valence-corrected chi connectivity index (χ0v) is 12.5. The van der Waals surface area contributed by atoms with E-state index in [0.29, 0.717) is 12.1 Å². The molecule has 1 heterocycles. The van der Waals surface area contributed by atoms with Crippen molar-refractivity contribution in [2.45, 2.75) is 45.1 Å². The van der Waals surface area contributed by atoms with Gasteiger partial charge < -0.3 is 10.3 Å². The van der Waals surface area contributed by atoms with Crippen molar-refractivity contribution < 1.29 is 14.4 Å². The van der Waals surface area contributed by atoms with Crippen LogP contribution in [0.5, 0.6) is 0 Å². The van der Waals surface area contributed by atoms with Crippen molar-refractivity contribution in [1.29, 1.82) is 0 Å². The first-order valence-corrected chi connectivity index (χ1v) is 7.47. The Morgan fingerprint density at radius 2 is 1.95 bits per heavy atom. The first-order chi connectivity index (χ1) is 10.6. The molecule has 118 valence electrons. The number of imide groups is 1. The van der Waals surface area contributed by atoms with E-state index in [-0.39, 0.29) is 17.9 Å².